The van der Waals surface area contributed by atoms with Crippen molar-refractivity contribution in [2.24, 2.45) is 11.8 Å². The molecule has 13 heavy (non-hydrogen) atoms. The number of Topliss-reactive ketones (excluding diaryl/α,β-unsaturated/α-hetero) is 1. The van der Waals surface area contributed by atoms with Gasteiger partial charge in [-0.25, -0.2) is 0 Å². The Kier molecular flexibility index (Phi) is 2.98. The summed E-state index contributed by atoms with van der Waals surface area (Å²) in [6.45, 7) is 1.46. The zero-order valence-electron chi connectivity index (χ0n) is 7.53. The Balaban J connectivity index is 2.44. The highest BCUT2D eigenvalue weighted by Gasteiger charge is 2.41. The molecule has 0 bridgehead atoms. The lowest BCUT2D eigenvalue weighted by atomic mass is 9.80. The van der Waals surface area contributed by atoms with E-state index in [-0.39, 0.29) is 24.5 Å². The molecule has 0 N–H and O–H groups in total. The van der Waals surface area contributed by atoms with E-state index in [1.165, 1.54) is 6.92 Å². The van der Waals surface area contributed by atoms with Crippen LogP contribution in [0, 0.1) is 11.8 Å². The van der Waals surface area contributed by atoms with Crippen LogP contribution in [0.15, 0.2) is 0 Å². The molecule has 1 aliphatic rings. The summed E-state index contributed by atoms with van der Waals surface area (Å²) in [6, 6.07) is 0. The summed E-state index contributed by atoms with van der Waals surface area (Å²) in [5.74, 6) is -1.28. The van der Waals surface area contributed by atoms with Crippen LogP contribution >= 0.6 is 0 Å². The second-order valence-electron chi connectivity index (χ2n) is 3.70. The van der Waals surface area contributed by atoms with E-state index in [2.05, 4.69) is 0 Å². The summed E-state index contributed by atoms with van der Waals surface area (Å²) >= 11 is 0. The van der Waals surface area contributed by atoms with Gasteiger partial charge in [0.15, 0.2) is 0 Å². The van der Waals surface area contributed by atoms with Crippen LogP contribution in [0.4, 0.5) is 13.2 Å². The van der Waals surface area contributed by atoms with Gasteiger partial charge in [-0.2, -0.15) is 13.2 Å². The third-order valence-corrected chi connectivity index (χ3v) is 2.77. The standard InChI is InChI=1S/C9H13F3O/c1-6(13)7-2-4-8(5-3-7)9(10,11)12/h7-8H,2-5H2,1H3/t7-,8-. The van der Waals surface area contributed by atoms with Gasteiger partial charge in [0, 0.05) is 5.92 Å². The topological polar surface area (TPSA) is 17.1 Å². The van der Waals surface area contributed by atoms with Crippen LogP contribution in [0.25, 0.3) is 0 Å². The lowest BCUT2D eigenvalue weighted by Gasteiger charge is -2.28. The molecule has 0 heterocycles. The minimum absolute atomic E-state index is 0.0284. The molecule has 1 saturated carbocycles. The van der Waals surface area contributed by atoms with Gasteiger partial charge in [-0.15, -0.1) is 0 Å². The van der Waals surface area contributed by atoms with Gasteiger partial charge in [-0.3, -0.25) is 4.79 Å². The van der Waals surface area contributed by atoms with Crippen molar-refractivity contribution in [3.8, 4) is 0 Å². The van der Waals surface area contributed by atoms with E-state index >= 15 is 0 Å². The summed E-state index contributed by atoms with van der Waals surface area (Å²) in [5.41, 5.74) is 0. The molecule has 0 aromatic carbocycles. The molecule has 0 aromatic heterocycles. The third-order valence-electron chi connectivity index (χ3n) is 2.77. The Morgan fingerprint density at radius 1 is 1.15 bits per heavy atom. The Hall–Kier alpha value is -0.540. The molecular formula is C9H13F3O. The van der Waals surface area contributed by atoms with Crippen molar-refractivity contribution in [2.45, 2.75) is 38.8 Å². The monoisotopic (exact) mass is 194 g/mol. The van der Waals surface area contributed by atoms with E-state index < -0.39 is 12.1 Å². The molecule has 76 valence electrons. The van der Waals surface area contributed by atoms with Gasteiger partial charge in [-0.05, 0) is 32.6 Å². The van der Waals surface area contributed by atoms with E-state index in [0.717, 1.165) is 0 Å². The van der Waals surface area contributed by atoms with Crippen LogP contribution < -0.4 is 0 Å². The Morgan fingerprint density at radius 3 is 1.92 bits per heavy atom. The summed E-state index contributed by atoms with van der Waals surface area (Å²) in [7, 11) is 0. The van der Waals surface area contributed by atoms with Gasteiger partial charge in [0.2, 0.25) is 0 Å². The first-order valence-corrected chi connectivity index (χ1v) is 4.48. The number of carbonyl (C=O) groups excluding carboxylic acids is 1. The fourth-order valence-electron chi connectivity index (χ4n) is 1.83. The number of carbonyl (C=O) groups is 1. The molecule has 1 nitrogen and oxygen atoms in total. The number of halogens is 3. The largest absolute Gasteiger partial charge is 0.391 e. The molecule has 0 aliphatic heterocycles. The smallest absolute Gasteiger partial charge is 0.300 e. The molecular weight excluding hydrogens is 181 g/mol. The molecule has 0 unspecified atom stereocenters. The number of alkyl halides is 3. The van der Waals surface area contributed by atoms with Crippen molar-refractivity contribution in [2.75, 3.05) is 0 Å². The second kappa shape index (κ2) is 3.68. The van der Waals surface area contributed by atoms with Crippen LogP contribution in [0.2, 0.25) is 0 Å². The van der Waals surface area contributed by atoms with Crippen LogP contribution in [0.3, 0.4) is 0 Å². The van der Waals surface area contributed by atoms with Crippen molar-refractivity contribution in [3.63, 3.8) is 0 Å². The highest BCUT2D eigenvalue weighted by Crippen LogP contribution is 2.39. The summed E-state index contributed by atoms with van der Waals surface area (Å²) in [5, 5.41) is 0. The maximum atomic E-state index is 12.2. The van der Waals surface area contributed by atoms with Crippen molar-refractivity contribution in [1.82, 2.24) is 0 Å². The van der Waals surface area contributed by atoms with Crippen LogP contribution in [-0.4, -0.2) is 12.0 Å². The molecule has 1 aliphatic carbocycles. The molecule has 1 rings (SSSR count). The maximum absolute atomic E-state index is 12.2. The molecule has 0 atom stereocenters. The van der Waals surface area contributed by atoms with Crippen molar-refractivity contribution in [3.05, 3.63) is 0 Å². The highest BCUT2D eigenvalue weighted by molar-refractivity contribution is 5.78. The Morgan fingerprint density at radius 2 is 1.62 bits per heavy atom. The predicted octanol–water partition coefficient (Wildman–Crippen LogP) is 2.94. The summed E-state index contributed by atoms with van der Waals surface area (Å²) in [6.07, 6.45) is -3.03. The third kappa shape index (κ3) is 2.71. The maximum Gasteiger partial charge on any atom is 0.391 e. The van der Waals surface area contributed by atoms with Gasteiger partial charge in [-0.1, -0.05) is 0 Å². The first kappa shape index (κ1) is 10.5. The van der Waals surface area contributed by atoms with E-state index in [1.807, 2.05) is 0 Å². The predicted molar refractivity (Wildman–Crippen MR) is 42.2 cm³/mol. The molecule has 1 fully saturated rings. The number of ketones is 1. The summed E-state index contributed by atoms with van der Waals surface area (Å²) in [4.78, 5) is 10.9. The van der Waals surface area contributed by atoms with E-state index in [4.69, 9.17) is 0 Å². The Bertz CT molecular complexity index is 190. The van der Waals surface area contributed by atoms with Gasteiger partial charge in [0.05, 0.1) is 5.92 Å². The van der Waals surface area contributed by atoms with Crippen molar-refractivity contribution >= 4 is 5.78 Å². The minimum Gasteiger partial charge on any atom is -0.300 e. The minimum atomic E-state index is -4.07. The average Bonchev–Trinajstić information content (AvgIpc) is 2.03. The molecule has 0 saturated heterocycles. The molecule has 0 spiro atoms. The van der Waals surface area contributed by atoms with Crippen LogP contribution in [0.5, 0.6) is 0 Å². The first-order chi connectivity index (χ1) is 5.91. The summed E-state index contributed by atoms with van der Waals surface area (Å²) < 4.78 is 36.6. The van der Waals surface area contributed by atoms with Crippen molar-refractivity contribution in [1.29, 1.82) is 0 Å². The van der Waals surface area contributed by atoms with Crippen molar-refractivity contribution < 1.29 is 18.0 Å². The van der Waals surface area contributed by atoms with E-state index in [1.54, 1.807) is 0 Å². The molecule has 4 heteroatoms. The molecule has 0 amide bonds. The zero-order chi connectivity index (χ0) is 10.1. The molecule has 0 radical (unpaired) electrons. The normalized spacial score (nSPS) is 30.2. The lowest BCUT2D eigenvalue weighted by Crippen LogP contribution is -2.29. The number of hydrogen-bond donors (Lipinski definition) is 0. The highest BCUT2D eigenvalue weighted by atomic mass is 19.4. The zero-order valence-corrected chi connectivity index (χ0v) is 7.53. The van der Waals surface area contributed by atoms with Gasteiger partial charge in [0.25, 0.3) is 0 Å². The quantitative estimate of drug-likeness (QED) is 0.627. The van der Waals surface area contributed by atoms with Gasteiger partial charge >= 0.3 is 6.18 Å². The van der Waals surface area contributed by atoms with Crippen LogP contribution in [0.1, 0.15) is 32.6 Å². The number of rotatable bonds is 1. The first-order valence-electron chi connectivity index (χ1n) is 4.48. The fraction of sp³-hybridized carbons (Fsp3) is 0.889. The van der Waals surface area contributed by atoms with Gasteiger partial charge < -0.3 is 0 Å². The van der Waals surface area contributed by atoms with E-state index in [9.17, 15) is 18.0 Å². The fourth-order valence-corrected chi connectivity index (χ4v) is 1.83. The SMILES string of the molecule is CC(=O)[C@H]1CC[C@H](C(F)(F)F)CC1. The average molecular weight is 194 g/mol. The van der Waals surface area contributed by atoms with Gasteiger partial charge in [0.1, 0.15) is 5.78 Å². The molecule has 0 aromatic rings. The Labute approximate surface area is 75.3 Å². The number of hydrogen-bond acceptors (Lipinski definition) is 1. The second-order valence-corrected chi connectivity index (χ2v) is 3.70. The van der Waals surface area contributed by atoms with Crippen LogP contribution in [-0.2, 0) is 4.79 Å². The van der Waals surface area contributed by atoms with E-state index in [0.29, 0.717) is 12.8 Å². The lowest BCUT2D eigenvalue weighted by molar-refractivity contribution is -0.184.